The molecule has 0 bridgehead atoms. The lowest BCUT2D eigenvalue weighted by atomic mass is 10.2. The third-order valence-corrected chi connectivity index (χ3v) is 3.94. The van der Waals surface area contributed by atoms with E-state index in [1.165, 1.54) is 0 Å². The summed E-state index contributed by atoms with van der Waals surface area (Å²) in [5.74, 6) is -1.98. The molecule has 2 aromatic rings. The smallest absolute Gasteiger partial charge is 0.338 e. The lowest BCUT2D eigenvalue weighted by Gasteiger charge is -2.07. The van der Waals surface area contributed by atoms with E-state index in [0.717, 1.165) is 0 Å². The van der Waals surface area contributed by atoms with Gasteiger partial charge in [0.05, 0.1) is 11.1 Å². The van der Waals surface area contributed by atoms with Crippen LogP contribution >= 0.6 is 0 Å². The van der Waals surface area contributed by atoms with Crippen LogP contribution in [0.25, 0.3) is 0 Å². The van der Waals surface area contributed by atoms with Gasteiger partial charge in [0.15, 0.2) is 0 Å². The Labute approximate surface area is 180 Å². The van der Waals surface area contributed by atoms with Crippen molar-refractivity contribution >= 4 is 23.9 Å². The van der Waals surface area contributed by atoms with E-state index in [9.17, 15) is 19.2 Å². The molecular formula is C23H24O8. The van der Waals surface area contributed by atoms with Crippen LogP contribution in [0.2, 0.25) is 0 Å². The zero-order valence-corrected chi connectivity index (χ0v) is 17.0. The maximum atomic E-state index is 11.7. The maximum Gasteiger partial charge on any atom is 0.338 e. The Morgan fingerprint density at radius 2 is 0.871 bits per heavy atom. The molecule has 31 heavy (non-hydrogen) atoms. The SMILES string of the molecule is O=C(CCCC(=O)OCCOC(=O)c1ccccc1)OCCOC(=O)c1ccccc1. The second kappa shape index (κ2) is 13.5. The van der Waals surface area contributed by atoms with E-state index in [1.54, 1.807) is 60.7 Å². The van der Waals surface area contributed by atoms with Crippen LogP contribution in [0.1, 0.15) is 40.0 Å². The Hall–Kier alpha value is -3.68. The highest BCUT2D eigenvalue weighted by atomic mass is 16.6. The zero-order valence-electron chi connectivity index (χ0n) is 17.0. The third-order valence-electron chi connectivity index (χ3n) is 3.94. The fourth-order valence-electron chi connectivity index (χ4n) is 2.42. The van der Waals surface area contributed by atoms with Crippen LogP contribution in [0.5, 0.6) is 0 Å². The van der Waals surface area contributed by atoms with Gasteiger partial charge in [-0.25, -0.2) is 9.59 Å². The minimum absolute atomic E-state index is 0.0325. The molecule has 0 atom stereocenters. The lowest BCUT2D eigenvalue weighted by molar-refractivity contribution is -0.146. The summed E-state index contributed by atoms with van der Waals surface area (Å²) >= 11 is 0. The molecule has 164 valence electrons. The predicted molar refractivity (Wildman–Crippen MR) is 109 cm³/mol. The lowest BCUT2D eigenvalue weighted by Crippen LogP contribution is -2.15. The summed E-state index contributed by atoms with van der Waals surface area (Å²) in [7, 11) is 0. The van der Waals surface area contributed by atoms with E-state index >= 15 is 0 Å². The highest BCUT2D eigenvalue weighted by molar-refractivity contribution is 5.89. The Bertz CT molecular complexity index is 777. The topological polar surface area (TPSA) is 105 Å². The second-order valence-electron chi connectivity index (χ2n) is 6.30. The molecule has 0 aromatic heterocycles. The van der Waals surface area contributed by atoms with Crippen molar-refractivity contribution < 1.29 is 38.1 Å². The summed E-state index contributed by atoms with van der Waals surface area (Å²) in [5, 5.41) is 0. The summed E-state index contributed by atoms with van der Waals surface area (Å²) in [6.07, 6.45) is 0.320. The fraction of sp³-hybridized carbons (Fsp3) is 0.304. The van der Waals surface area contributed by atoms with E-state index in [1.807, 2.05) is 0 Å². The molecule has 0 amide bonds. The molecule has 8 heteroatoms. The van der Waals surface area contributed by atoms with E-state index < -0.39 is 23.9 Å². The van der Waals surface area contributed by atoms with Gasteiger partial charge in [0.1, 0.15) is 26.4 Å². The highest BCUT2D eigenvalue weighted by Gasteiger charge is 2.10. The maximum absolute atomic E-state index is 11.7. The molecule has 0 N–H and O–H groups in total. The van der Waals surface area contributed by atoms with Crippen molar-refractivity contribution in [1.82, 2.24) is 0 Å². The largest absolute Gasteiger partial charge is 0.462 e. The number of carbonyl (C=O) groups is 4. The minimum Gasteiger partial charge on any atom is -0.462 e. The molecule has 0 heterocycles. The first-order valence-electron chi connectivity index (χ1n) is 9.82. The van der Waals surface area contributed by atoms with Gasteiger partial charge in [-0.1, -0.05) is 36.4 Å². The average molecular weight is 428 g/mol. The fourth-order valence-corrected chi connectivity index (χ4v) is 2.42. The van der Waals surface area contributed by atoms with Crippen LogP contribution in [-0.4, -0.2) is 50.3 Å². The summed E-state index contributed by atoms with van der Waals surface area (Å²) < 4.78 is 19.9. The van der Waals surface area contributed by atoms with Gasteiger partial charge in [-0.2, -0.15) is 0 Å². The summed E-state index contributed by atoms with van der Waals surface area (Å²) in [6, 6.07) is 17.0. The van der Waals surface area contributed by atoms with Gasteiger partial charge in [0, 0.05) is 12.8 Å². The molecule has 0 aliphatic carbocycles. The Morgan fingerprint density at radius 1 is 0.516 bits per heavy atom. The van der Waals surface area contributed by atoms with Crippen LogP contribution in [-0.2, 0) is 28.5 Å². The Balaban J connectivity index is 1.46. The Morgan fingerprint density at radius 3 is 1.26 bits per heavy atom. The normalized spacial score (nSPS) is 10.1. The Kier molecular flexibility index (Phi) is 10.3. The van der Waals surface area contributed by atoms with E-state index in [4.69, 9.17) is 18.9 Å². The number of benzene rings is 2. The molecule has 2 aromatic carbocycles. The van der Waals surface area contributed by atoms with Gasteiger partial charge in [-0.05, 0) is 30.7 Å². The molecule has 0 saturated carbocycles. The van der Waals surface area contributed by atoms with Gasteiger partial charge in [-0.3, -0.25) is 9.59 Å². The number of ether oxygens (including phenoxy) is 4. The summed E-state index contributed by atoms with van der Waals surface area (Å²) in [5.41, 5.74) is 0.837. The van der Waals surface area contributed by atoms with Crippen molar-refractivity contribution in [2.75, 3.05) is 26.4 Å². The van der Waals surface area contributed by atoms with Gasteiger partial charge >= 0.3 is 23.9 Å². The number of hydrogen-bond donors (Lipinski definition) is 0. The zero-order chi connectivity index (χ0) is 22.3. The van der Waals surface area contributed by atoms with Crippen molar-refractivity contribution in [3.8, 4) is 0 Å². The number of rotatable bonds is 12. The molecule has 0 spiro atoms. The van der Waals surface area contributed by atoms with Crippen LogP contribution in [0.4, 0.5) is 0 Å². The van der Waals surface area contributed by atoms with E-state index in [2.05, 4.69) is 0 Å². The summed E-state index contributed by atoms with van der Waals surface area (Å²) in [4.78, 5) is 46.7. The van der Waals surface area contributed by atoms with Gasteiger partial charge < -0.3 is 18.9 Å². The first kappa shape index (κ1) is 23.6. The molecule has 8 nitrogen and oxygen atoms in total. The van der Waals surface area contributed by atoms with Crippen molar-refractivity contribution in [3.63, 3.8) is 0 Å². The average Bonchev–Trinajstić information content (AvgIpc) is 2.80. The van der Waals surface area contributed by atoms with E-state index in [-0.39, 0.29) is 45.7 Å². The number of hydrogen-bond acceptors (Lipinski definition) is 8. The first-order chi connectivity index (χ1) is 15.1. The molecule has 0 unspecified atom stereocenters. The third kappa shape index (κ3) is 9.58. The van der Waals surface area contributed by atoms with Crippen LogP contribution in [0, 0.1) is 0 Å². The molecule has 0 saturated heterocycles. The quantitative estimate of drug-likeness (QED) is 0.289. The minimum atomic E-state index is -0.500. The van der Waals surface area contributed by atoms with Gasteiger partial charge in [-0.15, -0.1) is 0 Å². The standard InChI is InChI=1S/C23H24O8/c24-20(28-14-16-30-22(26)18-8-3-1-4-9-18)12-7-13-21(25)29-15-17-31-23(27)19-10-5-2-6-11-19/h1-6,8-11H,7,12-17H2. The number of carbonyl (C=O) groups excluding carboxylic acids is 4. The van der Waals surface area contributed by atoms with Crippen LogP contribution in [0.3, 0.4) is 0 Å². The van der Waals surface area contributed by atoms with Crippen molar-refractivity contribution in [2.24, 2.45) is 0 Å². The van der Waals surface area contributed by atoms with Crippen LogP contribution < -0.4 is 0 Å². The molecule has 0 aliphatic heterocycles. The molecule has 0 radical (unpaired) electrons. The molecule has 2 rings (SSSR count). The number of esters is 4. The van der Waals surface area contributed by atoms with Crippen molar-refractivity contribution in [1.29, 1.82) is 0 Å². The van der Waals surface area contributed by atoms with Gasteiger partial charge in [0.25, 0.3) is 0 Å². The van der Waals surface area contributed by atoms with E-state index in [0.29, 0.717) is 11.1 Å². The van der Waals surface area contributed by atoms with Crippen molar-refractivity contribution in [3.05, 3.63) is 71.8 Å². The monoisotopic (exact) mass is 428 g/mol. The predicted octanol–water partition coefficient (Wildman–Crippen LogP) is 2.96. The second-order valence-corrected chi connectivity index (χ2v) is 6.30. The van der Waals surface area contributed by atoms with Crippen molar-refractivity contribution in [2.45, 2.75) is 19.3 Å². The molecule has 0 fully saturated rings. The first-order valence-corrected chi connectivity index (χ1v) is 9.82. The van der Waals surface area contributed by atoms with Gasteiger partial charge in [0.2, 0.25) is 0 Å². The molecule has 0 aliphatic rings. The summed E-state index contributed by atoms with van der Waals surface area (Å²) in [6.45, 7) is -0.226. The highest BCUT2D eigenvalue weighted by Crippen LogP contribution is 2.03. The molecular weight excluding hydrogens is 404 g/mol. The van der Waals surface area contributed by atoms with Crippen LogP contribution in [0.15, 0.2) is 60.7 Å².